The number of fused-ring (bicyclic) bond motifs is 1. The quantitative estimate of drug-likeness (QED) is 0.619. The van der Waals surface area contributed by atoms with Crippen LogP contribution in [0.2, 0.25) is 5.02 Å². The van der Waals surface area contributed by atoms with E-state index in [1.807, 2.05) is 30.3 Å². The van der Waals surface area contributed by atoms with Crippen LogP contribution >= 0.6 is 11.6 Å². The van der Waals surface area contributed by atoms with Gasteiger partial charge in [0.2, 0.25) is 0 Å². The number of aromatic hydroxyl groups is 1. The summed E-state index contributed by atoms with van der Waals surface area (Å²) in [5, 5.41) is 13.9. The fourth-order valence-corrected chi connectivity index (χ4v) is 3.89. The molecule has 0 aliphatic carbocycles. The van der Waals surface area contributed by atoms with E-state index in [2.05, 4.69) is 36.5 Å². The molecule has 0 spiro atoms. The third-order valence-corrected chi connectivity index (χ3v) is 5.41. The Morgan fingerprint density at radius 2 is 1.79 bits per heavy atom. The highest BCUT2D eigenvalue weighted by Crippen LogP contribution is 2.28. The Hall–Kier alpha value is -2.78. The van der Waals surface area contributed by atoms with Gasteiger partial charge in [-0.15, -0.1) is 0 Å². The number of benzene rings is 3. The minimum atomic E-state index is 0.0997. The average Bonchev–Trinajstić information content (AvgIpc) is 2.88. The molecule has 28 heavy (non-hydrogen) atoms. The van der Waals surface area contributed by atoms with Crippen LogP contribution in [0.4, 0.5) is 5.69 Å². The monoisotopic (exact) mass is 390 g/mol. The van der Waals surface area contributed by atoms with Crippen molar-refractivity contribution in [1.82, 2.24) is 0 Å². The number of phenols is 1. The number of nitrogens with zero attached hydrogens (tertiary/aromatic N) is 1. The van der Waals surface area contributed by atoms with Crippen LogP contribution in [-0.4, -0.2) is 23.4 Å². The van der Waals surface area contributed by atoms with E-state index in [-0.39, 0.29) is 11.8 Å². The van der Waals surface area contributed by atoms with Crippen LogP contribution < -0.4 is 5.32 Å². The third kappa shape index (κ3) is 3.90. The lowest BCUT2D eigenvalue weighted by atomic mass is 9.98. The van der Waals surface area contributed by atoms with Gasteiger partial charge in [-0.2, -0.15) is 0 Å². The molecule has 3 aromatic carbocycles. The molecule has 0 aromatic heterocycles. The van der Waals surface area contributed by atoms with E-state index in [0.29, 0.717) is 5.02 Å². The van der Waals surface area contributed by atoms with E-state index in [1.54, 1.807) is 12.1 Å². The molecule has 0 amide bonds. The first kappa shape index (κ1) is 18.6. The largest absolute Gasteiger partial charge is 0.508 e. The number of phenolic OH excluding ortho intramolecular Hbond substituents is 1. The number of hydrogen-bond acceptors (Lipinski definition) is 3. The van der Waals surface area contributed by atoms with Gasteiger partial charge in [-0.25, -0.2) is 0 Å². The zero-order valence-corrected chi connectivity index (χ0v) is 16.6. The van der Waals surface area contributed by atoms with Gasteiger partial charge in [-0.1, -0.05) is 42.8 Å². The van der Waals surface area contributed by atoms with E-state index in [0.717, 1.165) is 41.9 Å². The lowest BCUT2D eigenvalue weighted by Crippen LogP contribution is -2.20. The first-order valence-electron chi connectivity index (χ1n) is 9.62. The number of aliphatic imine (C=N–C) groups is 1. The Morgan fingerprint density at radius 3 is 2.54 bits per heavy atom. The molecule has 1 atom stereocenters. The predicted molar refractivity (Wildman–Crippen MR) is 117 cm³/mol. The Morgan fingerprint density at radius 1 is 1.04 bits per heavy atom. The van der Waals surface area contributed by atoms with E-state index in [9.17, 15) is 5.11 Å². The van der Waals surface area contributed by atoms with Crippen molar-refractivity contribution in [3.63, 3.8) is 0 Å². The van der Waals surface area contributed by atoms with Gasteiger partial charge in [0.1, 0.15) is 5.75 Å². The van der Waals surface area contributed by atoms with Crippen LogP contribution in [0.3, 0.4) is 0 Å². The minimum Gasteiger partial charge on any atom is -0.508 e. The molecule has 142 valence electrons. The van der Waals surface area contributed by atoms with Crippen molar-refractivity contribution in [2.75, 3.05) is 11.9 Å². The average molecular weight is 391 g/mol. The van der Waals surface area contributed by atoms with Crippen molar-refractivity contribution in [2.45, 2.75) is 25.8 Å². The van der Waals surface area contributed by atoms with Gasteiger partial charge in [-0.3, -0.25) is 4.99 Å². The molecule has 4 rings (SSSR count). The summed E-state index contributed by atoms with van der Waals surface area (Å²) in [6.07, 6.45) is 1.89. The molecule has 3 aromatic rings. The minimum absolute atomic E-state index is 0.0997. The number of hydrogen-bond donors (Lipinski definition) is 2. The summed E-state index contributed by atoms with van der Waals surface area (Å²) in [5.74, 6) is 0.246. The van der Waals surface area contributed by atoms with E-state index >= 15 is 0 Å². The summed E-state index contributed by atoms with van der Waals surface area (Å²) in [6.45, 7) is 2.95. The highest BCUT2D eigenvalue weighted by Gasteiger charge is 2.21. The second-order valence-electron chi connectivity index (χ2n) is 7.08. The molecule has 1 aliphatic heterocycles. The Bertz CT molecular complexity index is 1010. The number of halogens is 1. The molecule has 4 heteroatoms. The lowest BCUT2D eigenvalue weighted by Gasteiger charge is -2.15. The highest BCUT2D eigenvalue weighted by molar-refractivity contribution is 6.31. The lowest BCUT2D eigenvalue weighted by molar-refractivity contribution is 0.475. The van der Waals surface area contributed by atoms with Crippen molar-refractivity contribution in [3.8, 4) is 5.75 Å². The number of rotatable bonds is 4. The zero-order valence-electron chi connectivity index (χ0n) is 15.8. The van der Waals surface area contributed by atoms with Crippen LogP contribution in [0.15, 0.2) is 71.7 Å². The molecule has 1 unspecified atom stereocenters. The molecule has 0 saturated carbocycles. The smallest absolute Gasteiger partial charge is 0.115 e. The second kappa shape index (κ2) is 8.07. The normalized spacial score (nSPS) is 15.9. The third-order valence-electron chi connectivity index (χ3n) is 5.17. The highest BCUT2D eigenvalue weighted by atomic mass is 35.5. The zero-order chi connectivity index (χ0) is 19.5. The van der Waals surface area contributed by atoms with E-state index in [4.69, 9.17) is 16.6 Å². The fourth-order valence-electron chi connectivity index (χ4n) is 3.71. The molecular weight excluding hydrogens is 368 g/mol. The van der Waals surface area contributed by atoms with Gasteiger partial charge < -0.3 is 10.4 Å². The molecular formula is C24H23ClN2O. The van der Waals surface area contributed by atoms with Gasteiger partial charge in [-0.05, 0) is 66.4 Å². The summed E-state index contributed by atoms with van der Waals surface area (Å²) >= 11 is 6.29. The molecule has 2 N–H and O–H groups in total. The van der Waals surface area contributed by atoms with E-state index < -0.39 is 0 Å². The maximum Gasteiger partial charge on any atom is 0.115 e. The molecule has 3 nitrogen and oxygen atoms in total. The van der Waals surface area contributed by atoms with Gasteiger partial charge in [0.05, 0.1) is 11.8 Å². The van der Waals surface area contributed by atoms with Crippen molar-refractivity contribution < 1.29 is 5.11 Å². The maximum absolute atomic E-state index is 9.68. The Kier molecular flexibility index (Phi) is 5.36. The Labute approximate surface area is 170 Å². The van der Waals surface area contributed by atoms with Crippen LogP contribution in [0.1, 0.15) is 29.2 Å². The summed E-state index contributed by atoms with van der Waals surface area (Å²) in [7, 11) is 0. The molecule has 0 fully saturated rings. The number of benzodiazepines with no additional fused rings is 1. The second-order valence-corrected chi connectivity index (χ2v) is 7.51. The SMILES string of the molecule is CCc1ccccc1CC1CNc2ccc(Cl)cc2C(c2ccc(O)cc2)=N1. The summed E-state index contributed by atoms with van der Waals surface area (Å²) < 4.78 is 0. The number of nitrogens with one attached hydrogen (secondary N) is 1. The van der Waals surface area contributed by atoms with Crippen molar-refractivity contribution in [2.24, 2.45) is 4.99 Å². The summed E-state index contributed by atoms with van der Waals surface area (Å²) in [5.41, 5.74) is 6.61. The van der Waals surface area contributed by atoms with Gasteiger partial charge in [0.25, 0.3) is 0 Å². The predicted octanol–water partition coefficient (Wildman–Crippen LogP) is 5.48. The first-order valence-corrected chi connectivity index (χ1v) is 9.99. The van der Waals surface area contributed by atoms with Crippen molar-refractivity contribution >= 4 is 23.0 Å². The molecule has 1 aliphatic rings. The number of anilines is 1. The molecule has 0 saturated heterocycles. The van der Waals surface area contributed by atoms with Gasteiger partial charge in [0.15, 0.2) is 0 Å². The Balaban J connectivity index is 1.77. The summed E-state index contributed by atoms with van der Waals surface area (Å²) in [6, 6.07) is 21.7. The van der Waals surface area contributed by atoms with Crippen LogP contribution in [-0.2, 0) is 12.8 Å². The standard InChI is InChI=1S/C24H23ClN2O/c1-2-16-5-3-4-6-18(16)13-20-15-26-23-12-9-19(25)14-22(23)24(27-20)17-7-10-21(28)11-8-17/h3-12,14,20,26,28H,2,13,15H2,1H3. The van der Waals surface area contributed by atoms with Crippen LogP contribution in [0.25, 0.3) is 0 Å². The van der Waals surface area contributed by atoms with Gasteiger partial charge >= 0.3 is 0 Å². The van der Waals surface area contributed by atoms with Crippen molar-refractivity contribution in [1.29, 1.82) is 0 Å². The maximum atomic E-state index is 9.68. The molecule has 1 heterocycles. The molecule has 0 radical (unpaired) electrons. The summed E-state index contributed by atoms with van der Waals surface area (Å²) in [4.78, 5) is 5.14. The molecule has 0 bridgehead atoms. The van der Waals surface area contributed by atoms with Crippen molar-refractivity contribution in [3.05, 3.63) is 94.0 Å². The topological polar surface area (TPSA) is 44.6 Å². The fraction of sp³-hybridized carbons (Fsp3) is 0.208. The van der Waals surface area contributed by atoms with Gasteiger partial charge in [0, 0.05) is 28.4 Å². The van der Waals surface area contributed by atoms with E-state index in [1.165, 1.54) is 11.1 Å². The first-order chi connectivity index (χ1) is 13.6. The number of aryl methyl sites for hydroxylation is 1. The van der Waals surface area contributed by atoms with Crippen LogP contribution in [0.5, 0.6) is 5.75 Å². The van der Waals surface area contributed by atoms with Crippen LogP contribution in [0, 0.1) is 0 Å².